The van der Waals surface area contributed by atoms with Gasteiger partial charge in [-0.15, -0.1) is 0 Å². The largest absolute Gasteiger partial charge is 0.497 e. The third kappa shape index (κ3) is 4.22. The molecule has 0 unspecified atom stereocenters. The highest BCUT2D eigenvalue weighted by Gasteiger charge is 2.15. The van der Waals surface area contributed by atoms with Crippen LogP contribution < -0.4 is 4.74 Å². The molecule has 2 aromatic rings. The van der Waals surface area contributed by atoms with E-state index < -0.39 is 5.97 Å². The molecule has 0 aliphatic rings. The maximum absolute atomic E-state index is 12.5. The van der Waals surface area contributed by atoms with Gasteiger partial charge in [0.1, 0.15) is 5.75 Å². The number of aliphatic carboxylic acids is 1. The van der Waals surface area contributed by atoms with E-state index in [1.54, 1.807) is 12.0 Å². The first kappa shape index (κ1) is 16.8. The maximum atomic E-state index is 12.5. The lowest BCUT2D eigenvalue weighted by atomic mass is 10.0. The van der Waals surface area contributed by atoms with Gasteiger partial charge in [-0.2, -0.15) is 0 Å². The van der Waals surface area contributed by atoms with Crippen molar-refractivity contribution in [1.29, 1.82) is 0 Å². The average molecular weight is 315 g/mol. The molecule has 0 spiro atoms. The van der Waals surface area contributed by atoms with Crippen molar-refractivity contribution in [3.05, 3.63) is 42.0 Å². The highest BCUT2D eigenvalue weighted by atomic mass is 16.5. The standard InChI is InChI=1S/C18H21NO4/c1-3-19(10-9-18(21)22)17(20)11-14-6-4-5-13-7-8-15(23-2)12-16(13)14/h4-8,12H,3,9-11H2,1-2H3,(H,21,22). The van der Waals surface area contributed by atoms with Crippen molar-refractivity contribution in [1.82, 2.24) is 4.90 Å². The molecule has 0 bridgehead atoms. The second-order valence-corrected chi connectivity index (χ2v) is 5.30. The number of carboxylic acid groups (broad SMARTS) is 1. The highest BCUT2D eigenvalue weighted by Crippen LogP contribution is 2.24. The molecule has 0 radical (unpaired) electrons. The molecule has 0 saturated heterocycles. The van der Waals surface area contributed by atoms with Crippen LogP contribution in [0.2, 0.25) is 0 Å². The molecule has 0 saturated carbocycles. The van der Waals surface area contributed by atoms with Crippen LogP contribution in [0.5, 0.6) is 5.75 Å². The van der Waals surface area contributed by atoms with Crippen LogP contribution in [0.1, 0.15) is 18.9 Å². The van der Waals surface area contributed by atoms with Gasteiger partial charge in [-0.1, -0.05) is 24.3 Å². The van der Waals surface area contributed by atoms with E-state index in [9.17, 15) is 9.59 Å². The first-order valence-corrected chi connectivity index (χ1v) is 7.60. The average Bonchev–Trinajstić information content (AvgIpc) is 2.55. The van der Waals surface area contributed by atoms with E-state index >= 15 is 0 Å². The number of carbonyl (C=O) groups excluding carboxylic acids is 1. The van der Waals surface area contributed by atoms with Crippen LogP contribution in [0.15, 0.2) is 36.4 Å². The number of amides is 1. The monoisotopic (exact) mass is 315 g/mol. The van der Waals surface area contributed by atoms with Crippen molar-refractivity contribution in [3.63, 3.8) is 0 Å². The quantitative estimate of drug-likeness (QED) is 0.853. The van der Waals surface area contributed by atoms with Gasteiger partial charge < -0.3 is 14.7 Å². The van der Waals surface area contributed by atoms with Crippen LogP contribution in [-0.4, -0.2) is 42.1 Å². The molecule has 2 rings (SSSR count). The molecule has 0 aliphatic heterocycles. The van der Waals surface area contributed by atoms with Crippen LogP contribution in [0.3, 0.4) is 0 Å². The van der Waals surface area contributed by atoms with Gasteiger partial charge >= 0.3 is 5.97 Å². The van der Waals surface area contributed by atoms with E-state index in [-0.39, 0.29) is 25.3 Å². The molecular formula is C18H21NO4. The Morgan fingerprint density at radius 2 is 2.00 bits per heavy atom. The lowest BCUT2D eigenvalue weighted by Gasteiger charge is -2.20. The number of ether oxygens (including phenoxy) is 1. The van der Waals surface area contributed by atoms with E-state index in [1.807, 2.05) is 43.3 Å². The Morgan fingerprint density at radius 1 is 1.22 bits per heavy atom. The number of fused-ring (bicyclic) bond motifs is 1. The van der Waals surface area contributed by atoms with Gasteiger partial charge in [-0.05, 0) is 35.4 Å². The summed E-state index contributed by atoms with van der Waals surface area (Å²) in [7, 11) is 1.61. The number of hydrogen-bond acceptors (Lipinski definition) is 3. The summed E-state index contributed by atoms with van der Waals surface area (Å²) in [6.45, 7) is 2.59. The summed E-state index contributed by atoms with van der Waals surface area (Å²) in [5, 5.41) is 10.8. The summed E-state index contributed by atoms with van der Waals surface area (Å²) in [5.41, 5.74) is 0.917. The molecule has 0 atom stereocenters. The topological polar surface area (TPSA) is 66.8 Å². The Morgan fingerprint density at radius 3 is 2.65 bits per heavy atom. The van der Waals surface area contributed by atoms with Crippen LogP contribution >= 0.6 is 0 Å². The fraction of sp³-hybridized carbons (Fsp3) is 0.333. The molecule has 5 heteroatoms. The molecule has 0 fully saturated rings. The summed E-state index contributed by atoms with van der Waals surface area (Å²) in [5.74, 6) is -0.217. The van der Waals surface area contributed by atoms with Gasteiger partial charge in [0.2, 0.25) is 5.91 Å². The van der Waals surface area contributed by atoms with E-state index in [0.29, 0.717) is 6.54 Å². The van der Waals surface area contributed by atoms with Gasteiger partial charge in [0, 0.05) is 13.1 Å². The normalized spacial score (nSPS) is 10.5. The van der Waals surface area contributed by atoms with Crippen molar-refractivity contribution in [2.45, 2.75) is 19.8 Å². The first-order chi connectivity index (χ1) is 11.0. The van der Waals surface area contributed by atoms with Crippen molar-refractivity contribution in [2.75, 3.05) is 20.2 Å². The molecule has 0 aromatic heterocycles. The number of carboxylic acids is 1. The molecule has 2 aromatic carbocycles. The molecule has 23 heavy (non-hydrogen) atoms. The molecule has 1 N–H and O–H groups in total. The summed E-state index contributed by atoms with van der Waals surface area (Å²) >= 11 is 0. The van der Waals surface area contributed by atoms with Gasteiger partial charge in [-0.3, -0.25) is 9.59 Å². The second kappa shape index (κ2) is 7.63. The lowest BCUT2D eigenvalue weighted by molar-refractivity contribution is -0.138. The van der Waals surface area contributed by atoms with E-state index in [4.69, 9.17) is 9.84 Å². The number of likely N-dealkylation sites (N-methyl/N-ethyl adjacent to an activating group) is 1. The molecule has 5 nitrogen and oxygen atoms in total. The minimum Gasteiger partial charge on any atom is -0.497 e. The molecule has 122 valence electrons. The molecular weight excluding hydrogens is 294 g/mol. The number of methoxy groups -OCH3 is 1. The Labute approximate surface area is 135 Å². The number of rotatable bonds is 7. The minimum absolute atomic E-state index is 0.0387. The molecule has 1 amide bonds. The van der Waals surface area contributed by atoms with Crippen LogP contribution in [0.4, 0.5) is 0 Å². The van der Waals surface area contributed by atoms with E-state index in [0.717, 1.165) is 22.1 Å². The predicted octanol–water partition coefficient (Wildman–Crippen LogP) is 2.71. The minimum atomic E-state index is -0.897. The first-order valence-electron chi connectivity index (χ1n) is 7.60. The summed E-state index contributed by atoms with van der Waals surface area (Å²) in [4.78, 5) is 24.7. The van der Waals surface area contributed by atoms with Crippen LogP contribution in [0.25, 0.3) is 10.8 Å². The van der Waals surface area contributed by atoms with Gasteiger partial charge in [-0.25, -0.2) is 0 Å². The number of benzene rings is 2. The fourth-order valence-corrected chi connectivity index (χ4v) is 2.56. The Bertz CT molecular complexity index is 711. The third-order valence-corrected chi connectivity index (χ3v) is 3.85. The fourth-order valence-electron chi connectivity index (χ4n) is 2.56. The zero-order valence-electron chi connectivity index (χ0n) is 13.4. The Kier molecular flexibility index (Phi) is 5.57. The SMILES string of the molecule is CCN(CCC(=O)O)C(=O)Cc1cccc2ccc(OC)cc12. The predicted molar refractivity (Wildman–Crippen MR) is 88.7 cm³/mol. The van der Waals surface area contributed by atoms with Crippen molar-refractivity contribution >= 4 is 22.6 Å². The maximum Gasteiger partial charge on any atom is 0.305 e. The summed E-state index contributed by atoms with van der Waals surface area (Å²) in [6.07, 6.45) is 0.209. The third-order valence-electron chi connectivity index (χ3n) is 3.85. The van der Waals surface area contributed by atoms with Crippen molar-refractivity contribution in [2.24, 2.45) is 0 Å². The van der Waals surface area contributed by atoms with E-state index in [1.165, 1.54) is 0 Å². The summed E-state index contributed by atoms with van der Waals surface area (Å²) < 4.78 is 5.26. The number of carbonyl (C=O) groups is 2. The smallest absolute Gasteiger partial charge is 0.305 e. The van der Waals surface area contributed by atoms with Gasteiger partial charge in [0.05, 0.1) is 20.0 Å². The highest BCUT2D eigenvalue weighted by molar-refractivity contribution is 5.91. The van der Waals surface area contributed by atoms with Gasteiger partial charge in [0.25, 0.3) is 0 Å². The summed E-state index contributed by atoms with van der Waals surface area (Å²) in [6, 6.07) is 11.6. The second-order valence-electron chi connectivity index (χ2n) is 5.30. The van der Waals surface area contributed by atoms with Gasteiger partial charge in [0.15, 0.2) is 0 Å². The molecule has 0 aliphatic carbocycles. The zero-order chi connectivity index (χ0) is 16.8. The Hall–Kier alpha value is -2.56. The van der Waals surface area contributed by atoms with Crippen molar-refractivity contribution in [3.8, 4) is 5.75 Å². The zero-order valence-corrected chi connectivity index (χ0v) is 13.4. The number of nitrogens with zero attached hydrogens (tertiary/aromatic N) is 1. The molecule has 0 heterocycles. The lowest BCUT2D eigenvalue weighted by Crippen LogP contribution is -2.34. The van der Waals surface area contributed by atoms with Crippen molar-refractivity contribution < 1.29 is 19.4 Å². The van der Waals surface area contributed by atoms with Crippen LogP contribution in [-0.2, 0) is 16.0 Å². The number of hydrogen-bond donors (Lipinski definition) is 1. The Balaban J connectivity index is 2.22. The van der Waals surface area contributed by atoms with Crippen LogP contribution in [0, 0.1) is 0 Å². The van der Waals surface area contributed by atoms with E-state index in [2.05, 4.69) is 0 Å².